The molecule has 86 valence electrons. The Labute approximate surface area is 111 Å². The Bertz CT molecular complexity index is 555. The van der Waals surface area contributed by atoms with Crippen molar-refractivity contribution in [3.63, 3.8) is 0 Å². The molecule has 0 fully saturated rings. The second kappa shape index (κ2) is 4.30. The Kier molecular flexibility index (Phi) is 2.79. The van der Waals surface area contributed by atoms with Gasteiger partial charge in [-0.2, -0.15) is 0 Å². The number of halogens is 1. The number of benzene rings is 2. The first kappa shape index (κ1) is 11.0. The van der Waals surface area contributed by atoms with Crippen molar-refractivity contribution in [3.8, 4) is 11.1 Å². The van der Waals surface area contributed by atoms with Crippen molar-refractivity contribution in [2.75, 3.05) is 0 Å². The molecule has 0 saturated heterocycles. The van der Waals surface area contributed by atoms with Gasteiger partial charge in [0.15, 0.2) is 0 Å². The summed E-state index contributed by atoms with van der Waals surface area (Å²) in [5.74, 6) is 0. The summed E-state index contributed by atoms with van der Waals surface area (Å²) in [5.41, 5.74) is 7.35. The summed E-state index contributed by atoms with van der Waals surface area (Å²) >= 11 is 3.65. The molecule has 1 aliphatic carbocycles. The fourth-order valence-corrected chi connectivity index (χ4v) is 3.07. The van der Waals surface area contributed by atoms with Crippen LogP contribution in [0.25, 0.3) is 11.1 Å². The summed E-state index contributed by atoms with van der Waals surface area (Å²) in [4.78, 5) is 0.540. The van der Waals surface area contributed by atoms with Crippen LogP contribution in [0.1, 0.15) is 23.6 Å². The van der Waals surface area contributed by atoms with Crippen molar-refractivity contribution in [1.29, 1.82) is 0 Å². The fraction of sp³-hybridized carbons (Fsp3) is 0.250. The highest BCUT2D eigenvalue weighted by atomic mass is 79.9. The van der Waals surface area contributed by atoms with E-state index in [1.807, 2.05) is 0 Å². The van der Waals surface area contributed by atoms with E-state index in [-0.39, 0.29) is 0 Å². The molecule has 0 heterocycles. The van der Waals surface area contributed by atoms with Crippen LogP contribution in [-0.4, -0.2) is 4.83 Å². The highest BCUT2D eigenvalue weighted by molar-refractivity contribution is 9.09. The van der Waals surface area contributed by atoms with E-state index in [0.717, 1.165) is 12.8 Å². The maximum Gasteiger partial charge on any atom is 0.0158 e. The molecule has 0 amide bonds. The van der Waals surface area contributed by atoms with Gasteiger partial charge in [-0.15, -0.1) is 0 Å². The lowest BCUT2D eigenvalue weighted by atomic mass is 9.98. The summed E-state index contributed by atoms with van der Waals surface area (Å²) in [5, 5.41) is 0. The highest BCUT2D eigenvalue weighted by Crippen LogP contribution is 2.38. The topological polar surface area (TPSA) is 0 Å². The van der Waals surface area contributed by atoms with Crippen molar-refractivity contribution in [1.82, 2.24) is 0 Å². The van der Waals surface area contributed by atoms with Gasteiger partial charge in [0.25, 0.3) is 0 Å². The average Bonchev–Trinajstić information content (AvgIpc) is 2.68. The third-order valence-electron chi connectivity index (χ3n) is 3.45. The molecule has 1 aliphatic rings. The minimum atomic E-state index is 0.540. The maximum atomic E-state index is 3.65. The minimum absolute atomic E-state index is 0.540. The Morgan fingerprint density at radius 1 is 1.06 bits per heavy atom. The highest BCUT2D eigenvalue weighted by Gasteiger charge is 2.20. The zero-order valence-corrected chi connectivity index (χ0v) is 11.5. The lowest BCUT2D eigenvalue weighted by Crippen LogP contribution is -2.00. The molecule has 17 heavy (non-hydrogen) atoms. The van der Waals surface area contributed by atoms with Crippen LogP contribution in [0.2, 0.25) is 0 Å². The van der Waals surface area contributed by atoms with E-state index >= 15 is 0 Å². The smallest absolute Gasteiger partial charge is 0.0158 e. The second-order valence-corrected chi connectivity index (χ2v) is 6.33. The van der Waals surface area contributed by atoms with Crippen molar-refractivity contribution in [2.24, 2.45) is 0 Å². The lowest BCUT2D eigenvalue weighted by Gasteiger charge is -2.09. The fourth-order valence-electron chi connectivity index (χ4n) is 2.72. The van der Waals surface area contributed by atoms with Crippen molar-refractivity contribution >= 4 is 15.9 Å². The summed E-state index contributed by atoms with van der Waals surface area (Å²) < 4.78 is 0. The molecule has 0 radical (unpaired) electrons. The van der Waals surface area contributed by atoms with Gasteiger partial charge in [-0.3, -0.25) is 0 Å². The predicted molar refractivity (Wildman–Crippen MR) is 76.8 cm³/mol. The monoisotopic (exact) mass is 286 g/mol. The molecule has 0 saturated carbocycles. The van der Waals surface area contributed by atoms with Crippen molar-refractivity contribution in [3.05, 3.63) is 59.2 Å². The summed E-state index contributed by atoms with van der Waals surface area (Å²) in [6.07, 6.45) is 2.21. The van der Waals surface area contributed by atoms with Gasteiger partial charge in [-0.05, 0) is 40.7 Å². The molecule has 2 aromatic carbocycles. The lowest BCUT2D eigenvalue weighted by molar-refractivity contribution is 0.943. The quantitative estimate of drug-likeness (QED) is 0.605. The molecule has 1 unspecified atom stereocenters. The number of hydrogen-bond acceptors (Lipinski definition) is 0. The number of alkyl halides is 1. The van der Waals surface area contributed by atoms with Crippen LogP contribution in [0.5, 0.6) is 0 Å². The van der Waals surface area contributed by atoms with Crippen LogP contribution in [0.4, 0.5) is 0 Å². The van der Waals surface area contributed by atoms with Gasteiger partial charge in [0.05, 0.1) is 0 Å². The molecular formula is C16H15Br. The molecule has 0 nitrogen and oxygen atoms in total. The molecule has 0 aromatic heterocycles. The third kappa shape index (κ3) is 1.93. The van der Waals surface area contributed by atoms with Gasteiger partial charge in [-0.1, -0.05) is 65.3 Å². The van der Waals surface area contributed by atoms with Crippen molar-refractivity contribution < 1.29 is 0 Å². The van der Waals surface area contributed by atoms with Crippen LogP contribution in [-0.2, 0) is 12.8 Å². The van der Waals surface area contributed by atoms with E-state index in [2.05, 4.69) is 65.3 Å². The first-order valence-electron chi connectivity index (χ1n) is 6.09. The molecule has 1 atom stereocenters. The van der Waals surface area contributed by atoms with Gasteiger partial charge in [0.1, 0.15) is 0 Å². The largest absolute Gasteiger partial charge is 0.0890 e. The summed E-state index contributed by atoms with van der Waals surface area (Å²) in [6, 6.07) is 15.5. The van der Waals surface area contributed by atoms with Crippen LogP contribution >= 0.6 is 15.9 Å². The van der Waals surface area contributed by atoms with E-state index < -0.39 is 0 Å². The molecule has 2 aromatic rings. The SMILES string of the molecule is CC(Br)Cc1cccc2c1Cc1ccccc1-2. The third-order valence-corrected chi connectivity index (χ3v) is 3.77. The number of hydrogen-bond donors (Lipinski definition) is 0. The second-order valence-electron chi connectivity index (χ2n) is 4.76. The van der Waals surface area contributed by atoms with Crippen LogP contribution in [0.3, 0.4) is 0 Å². The van der Waals surface area contributed by atoms with Gasteiger partial charge >= 0.3 is 0 Å². The number of rotatable bonds is 2. The van der Waals surface area contributed by atoms with Crippen LogP contribution in [0, 0.1) is 0 Å². The van der Waals surface area contributed by atoms with E-state index in [1.54, 1.807) is 0 Å². The predicted octanol–water partition coefficient (Wildman–Crippen LogP) is 4.58. The van der Waals surface area contributed by atoms with E-state index in [0.29, 0.717) is 4.83 Å². The summed E-state index contributed by atoms with van der Waals surface area (Å²) in [6.45, 7) is 2.21. The average molecular weight is 287 g/mol. The van der Waals surface area contributed by atoms with Gasteiger partial charge in [0, 0.05) is 4.83 Å². The van der Waals surface area contributed by atoms with Gasteiger partial charge in [0.2, 0.25) is 0 Å². The standard InChI is InChI=1S/C16H15Br/c1-11(17)9-12-6-4-8-15-14-7-3-2-5-13(14)10-16(12)15/h2-8,11H,9-10H2,1H3. The molecule has 0 N–H and O–H groups in total. The molecule has 0 aliphatic heterocycles. The van der Waals surface area contributed by atoms with Crippen molar-refractivity contribution in [2.45, 2.75) is 24.6 Å². The van der Waals surface area contributed by atoms with Crippen LogP contribution < -0.4 is 0 Å². The Balaban J connectivity index is 2.11. The normalized spacial score (nSPS) is 14.2. The first-order valence-corrected chi connectivity index (χ1v) is 7.00. The summed E-state index contributed by atoms with van der Waals surface area (Å²) in [7, 11) is 0. The minimum Gasteiger partial charge on any atom is -0.0890 e. The molecule has 1 heteroatoms. The Hall–Kier alpha value is -1.08. The Morgan fingerprint density at radius 2 is 1.82 bits per heavy atom. The molecule has 0 bridgehead atoms. The zero-order chi connectivity index (χ0) is 11.8. The zero-order valence-electron chi connectivity index (χ0n) is 9.91. The molecular weight excluding hydrogens is 272 g/mol. The number of fused-ring (bicyclic) bond motifs is 3. The molecule has 3 rings (SSSR count). The molecule has 0 spiro atoms. The maximum absolute atomic E-state index is 3.65. The van der Waals surface area contributed by atoms with E-state index in [9.17, 15) is 0 Å². The van der Waals surface area contributed by atoms with Gasteiger partial charge < -0.3 is 0 Å². The van der Waals surface area contributed by atoms with E-state index in [4.69, 9.17) is 0 Å². The van der Waals surface area contributed by atoms with E-state index in [1.165, 1.54) is 27.8 Å². The van der Waals surface area contributed by atoms with Gasteiger partial charge in [-0.25, -0.2) is 0 Å². The Morgan fingerprint density at radius 3 is 2.65 bits per heavy atom. The first-order chi connectivity index (χ1) is 8.25. The van der Waals surface area contributed by atoms with Crippen LogP contribution in [0.15, 0.2) is 42.5 Å².